The van der Waals surface area contributed by atoms with Crippen molar-refractivity contribution in [2.45, 2.75) is 39.0 Å². The number of benzene rings is 1. The van der Waals surface area contributed by atoms with E-state index in [9.17, 15) is 9.59 Å². The van der Waals surface area contributed by atoms with Crippen molar-refractivity contribution in [3.8, 4) is 5.75 Å². The SMILES string of the molecule is CCCCCCOc1ccc(C(=O)N2CCN(C(=O)Cc3nncs3)CC2)cc1. The molecule has 7 nitrogen and oxygen atoms in total. The normalized spacial score (nSPS) is 14.1. The maximum absolute atomic E-state index is 12.7. The quantitative estimate of drug-likeness (QED) is 0.588. The first-order valence-electron chi connectivity index (χ1n) is 10.2. The molecule has 2 amide bonds. The number of carbonyl (C=O) groups excluding carboxylic acids is 2. The highest BCUT2D eigenvalue weighted by molar-refractivity contribution is 7.09. The van der Waals surface area contributed by atoms with E-state index in [0.29, 0.717) is 38.3 Å². The summed E-state index contributed by atoms with van der Waals surface area (Å²) in [5.41, 5.74) is 2.28. The van der Waals surface area contributed by atoms with E-state index in [1.165, 1.54) is 30.6 Å². The van der Waals surface area contributed by atoms with E-state index < -0.39 is 0 Å². The fourth-order valence-electron chi connectivity index (χ4n) is 3.27. The molecule has 1 aliphatic rings. The molecule has 1 fully saturated rings. The Hall–Kier alpha value is -2.48. The number of nitrogens with zero attached hydrogens (tertiary/aromatic N) is 4. The molecule has 0 atom stereocenters. The van der Waals surface area contributed by atoms with Gasteiger partial charge in [-0.2, -0.15) is 0 Å². The second kappa shape index (κ2) is 10.9. The van der Waals surface area contributed by atoms with Crippen LogP contribution in [0.5, 0.6) is 5.75 Å². The van der Waals surface area contributed by atoms with Gasteiger partial charge < -0.3 is 14.5 Å². The van der Waals surface area contributed by atoms with Gasteiger partial charge in [0.2, 0.25) is 5.91 Å². The van der Waals surface area contributed by atoms with Gasteiger partial charge in [-0.05, 0) is 30.7 Å². The second-order valence-corrected chi connectivity index (χ2v) is 8.03. The molecule has 0 saturated carbocycles. The lowest BCUT2D eigenvalue weighted by atomic mass is 10.1. The predicted molar refractivity (Wildman–Crippen MR) is 112 cm³/mol. The first-order chi connectivity index (χ1) is 14.2. The molecule has 0 bridgehead atoms. The zero-order chi connectivity index (χ0) is 20.5. The topological polar surface area (TPSA) is 75.6 Å². The summed E-state index contributed by atoms with van der Waals surface area (Å²) in [6.07, 6.45) is 4.96. The van der Waals surface area contributed by atoms with Crippen molar-refractivity contribution in [2.24, 2.45) is 0 Å². The van der Waals surface area contributed by atoms with E-state index in [4.69, 9.17) is 4.74 Å². The lowest BCUT2D eigenvalue weighted by Crippen LogP contribution is -2.51. The lowest BCUT2D eigenvalue weighted by molar-refractivity contribution is -0.131. The summed E-state index contributed by atoms with van der Waals surface area (Å²) in [5.74, 6) is 0.829. The third-order valence-electron chi connectivity index (χ3n) is 5.00. The van der Waals surface area contributed by atoms with Gasteiger partial charge >= 0.3 is 0 Å². The minimum atomic E-state index is -0.00396. The fourth-order valence-corrected chi connectivity index (χ4v) is 3.79. The van der Waals surface area contributed by atoms with E-state index in [2.05, 4.69) is 17.1 Å². The van der Waals surface area contributed by atoms with E-state index in [0.717, 1.165) is 17.2 Å². The molecule has 0 unspecified atom stereocenters. The molecule has 0 radical (unpaired) electrons. The number of aromatic nitrogens is 2. The Kier molecular flexibility index (Phi) is 7.98. The fraction of sp³-hybridized carbons (Fsp3) is 0.524. The van der Waals surface area contributed by atoms with Gasteiger partial charge in [0, 0.05) is 31.7 Å². The number of piperazine rings is 1. The summed E-state index contributed by atoms with van der Waals surface area (Å²) in [4.78, 5) is 28.7. The number of amides is 2. The van der Waals surface area contributed by atoms with Gasteiger partial charge in [-0.25, -0.2) is 0 Å². The average molecular weight is 417 g/mol. The number of carbonyl (C=O) groups is 2. The van der Waals surface area contributed by atoms with Crippen molar-refractivity contribution >= 4 is 23.2 Å². The molecular weight excluding hydrogens is 388 g/mol. The highest BCUT2D eigenvalue weighted by Gasteiger charge is 2.25. The van der Waals surface area contributed by atoms with Crippen LogP contribution in [-0.4, -0.2) is 64.6 Å². The smallest absolute Gasteiger partial charge is 0.253 e. The van der Waals surface area contributed by atoms with Crippen LogP contribution in [0, 0.1) is 0 Å². The Morgan fingerprint density at radius 3 is 2.41 bits per heavy atom. The highest BCUT2D eigenvalue weighted by Crippen LogP contribution is 2.16. The third-order valence-corrected chi connectivity index (χ3v) is 5.69. The van der Waals surface area contributed by atoms with Gasteiger partial charge in [0.15, 0.2) is 0 Å². The Morgan fingerprint density at radius 2 is 1.76 bits per heavy atom. The van der Waals surface area contributed by atoms with Crippen LogP contribution in [0.25, 0.3) is 0 Å². The van der Waals surface area contributed by atoms with Crippen LogP contribution in [0.2, 0.25) is 0 Å². The molecule has 2 heterocycles. The number of hydrogen-bond donors (Lipinski definition) is 0. The minimum absolute atomic E-state index is 0.00396. The van der Waals surface area contributed by atoms with Crippen molar-refractivity contribution in [1.82, 2.24) is 20.0 Å². The molecule has 29 heavy (non-hydrogen) atoms. The highest BCUT2D eigenvalue weighted by atomic mass is 32.1. The summed E-state index contributed by atoms with van der Waals surface area (Å²) in [7, 11) is 0. The molecule has 1 aliphatic heterocycles. The molecule has 0 spiro atoms. The van der Waals surface area contributed by atoms with E-state index in [-0.39, 0.29) is 18.2 Å². The van der Waals surface area contributed by atoms with E-state index >= 15 is 0 Å². The Labute approximate surface area is 175 Å². The molecular formula is C21H28N4O3S. The van der Waals surface area contributed by atoms with Crippen molar-refractivity contribution in [3.63, 3.8) is 0 Å². The molecule has 0 aliphatic carbocycles. The number of rotatable bonds is 9. The van der Waals surface area contributed by atoms with Crippen LogP contribution in [-0.2, 0) is 11.2 Å². The molecule has 3 rings (SSSR count). The molecule has 2 aromatic rings. The summed E-state index contributed by atoms with van der Waals surface area (Å²) in [6, 6.07) is 7.34. The summed E-state index contributed by atoms with van der Waals surface area (Å²) in [5, 5.41) is 8.40. The Morgan fingerprint density at radius 1 is 1.03 bits per heavy atom. The third kappa shape index (κ3) is 6.25. The molecule has 156 valence electrons. The molecule has 8 heteroatoms. The Balaban J connectivity index is 1.43. The second-order valence-electron chi connectivity index (χ2n) is 7.12. The molecule has 1 aromatic carbocycles. The zero-order valence-corrected chi connectivity index (χ0v) is 17.7. The first kappa shape index (κ1) is 21.2. The number of unbranched alkanes of at least 4 members (excludes halogenated alkanes) is 3. The van der Waals surface area contributed by atoms with Crippen LogP contribution in [0.3, 0.4) is 0 Å². The van der Waals surface area contributed by atoms with Crippen molar-refractivity contribution < 1.29 is 14.3 Å². The standard InChI is InChI=1S/C21H28N4O3S/c1-2-3-4-5-14-28-18-8-6-17(7-9-18)21(27)25-12-10-24(11-13-25)20(26)15-19-23-22-16-29-19/h6-9,16H,2-5,10-15H2,1H3. The van der Waals surface area contributed by atoms with Gasteiger partial charge in [0.25, 0.3) is 5.91 Å². The molecule has 1 saturated heterocycles. The average Bonchev–Trinajstić information content (AvgIpc) is 3.27. The van der Waals surface area contributed by atoms with Crippen molar-refractivity contribution in [1.29, 1.82) is 0 Å². The van der Waals surface area contributed by atoms with Crippen LogP contribution in [0.1, 0.15) is 48.0 Å². The minimum Gasteiger partial charge on any atom is -0.494 e. The van der Waals surface area contributed by atoms with E-state index in [1.807, 2.05) is 24.3 Å². The van der Waals surface area contributed by atoms with Gasteiger partial charge in [-0.3, -0.25) is 9.59 Å². The van der Waals surface area contributed by atoms with Gasteiger partial charge in [0.1, 0.15) is 16.3 Å². The number of ether oxygens (including phenoxy) is 1. The molecule has 1 aromatic heterocycles. The summed E-state index contributed by atoms with van der Waals surface area (Å²) in [6.45, 7) is 5.06. The van der Waals surface area contributed by atoms with Gasteiger partial charge in [0.05, 0.1) is 13.0 Å². The van der Waals surface area contributed by atoms with Crippen molar-refractivity contribution in [3.05, 3.63) is 40.3 Å². The summed E-state index contributed by atoms with van der Waals surface area (Å²) < 4.78 is 5.74. The van der Waals surface area contributed by atoms with Crippen molar-refractivity contribution in [2.75, 3.05) is 32.8 Å². The van der Waals surface area contributed by atoms with Crippen LogP contribution >= 0.6 is 11.3 Å². The summed E-state index contributed by atoms with van der Waals surface area (Å²) >= 11 is 1.38. The molecule has 0 N–H and O–H groups in total. The van der Waals surface area contributed by atoms with Crippen LogP contribution in [0.15, 0.2) is 29.8 Å². The number of hydrogen-bond acceptors (Lipinski definition) is 6. The van der Waals surface area contributed by atoms with E-state index in [1.54, 1.807) is 15.3 Å². The van der Waals surface area contributed by atoms with Crippen LogP contribution < -0.4 is 4.74 Å². The van der Waals surface area contributed by atoms with Crippen LogP contribution in [0.4, 0.5) is 0 Å². The first-order valence-corrected chi connectivity index (χ1v) is 11.1. The Bertz CT molecular complexity index is 772. The lowest BCUT2D eigenvalue weighted by Gasteiger charge is -2.34. The maximum atomic E-state index is 12.7. The predicted octanol–water partition coefficient (Wildman–Crippen LogP) is 3.02. The maximum Gasteiger partial charge on any atom is 0.253 e. The largest absolute Gasteiger partial charge is 0.494 e. The van der Waals surface area contributed by atoms with Gasteiger partial charge in [-0.1, -0.05) is 26.2 Å². The zero-order valence-electron chi connectivity index (χ0n) is 16.9. The monoisotopic (exact) mass is 416 g/mol. The van der Waals surface area contributed by atoms with Gasteiger partial charge in [-0.15, -0.1) is 21.5 Å².